The van der Waals surface area contributed by atoms with Gasteiger partial charge in [0.25, 0.3) is 0 Å². The van der Waals surface area contributed by atoms with E-state index in [9.17, 15) is 8.42 Å². The molecule has 0 unspecified atom stereocenters. The van der Waals surface area contributed by atoms with Gasteiger partial charge in [0.1, 0.15) is 4.90 Å². The van der Waals surface area contributed by atoms with Crippen molar-refractivity contribution in [3.05, 3.63) is 28.8 Å². The Morgan fingerprint density at radius 3 is 2.59 bits per heavy atom. The third kappa shape index (κ3) is 3.67. The standard InChI is InChI=1S/C11H16ClNO3S/c1-3-9(7-14)13-17(15,16)11-5-4-8(2)6-10(11)12/h4-6,9,13-14H,3,7H2,1-2H3/t9-/m1/s1. The molecule has 17 heavy (non-hydrogen) atoms. The van der Waals surface area contributed by atoms with Gasteiger partial charge in [0.05, 0.1) is 11.6 Å². The maximum Gasteiger partial charge on any atom is 0.242 e. The lowest BCUT2D eigenvalue weighted by Crippen LogP contribution is -2.37. The summed E-state index contributed by atoms with van der Waals surface area (Å²) < 4.78 is 26.4. The van der Waals surface area contributed by atoms with Crippen molar-refractivity contribution >= 4 is 21.6 Å². The van der Waals surface area contributed by atoms with Gasteiger partial charge >= 0.3 is 0 Å². The summed E-state index contributed by atoms with van der Waals surface area (Å²) in [6, 6.07) is 4.25. The molecular weight excluding hydrogens is 262 g/mol. The predicted molar refractivity (Wildman–Crippen MR) is 67.7 cm³/mol. The minimum Gasteiger partial charge on any atom is -0.395 e. The molecule has 6 heteroatoms. The van der Waals surface area contributed by atoms with E-state index in [0.717, 1.165) is 5.56 Å². The van der Waals surface area contributed by atoms with Crippen LogP contribution in [0, 0.1) is 6.92 Å². The molecule has 96 valence electrons. The first kappa shape index (κ1) is 14.4. The van der Waals surface area contributed by atoms with Crippen LogP contribution >= 0.6 is 11.6 Å². The fraction of sp³-hybridized carbons (Fsp3) is 0.455. The second-order valence-corrected chi connectivity index (χ2v) is 5.93. The van der Waals surface area contributed by atoms with Crippen LogP contribution in [0.25, 0.3) is 0 Å². The Morgan fingerprint density at radius 2 is 2.12 bits per heavy atom. The SMILES string of the molecule is CC[C@H](CO)NS(=O)(=O)c1ccc(C)cc1Cl. The summed E-state index contributed by atoms with van der Waals surface area (Å²) in [5.41, 5.74) is 0.892. The van der Waals surface area contributed by atoms with E-state index in [1.165, 1.54) is 6.07 Å². The minimum atomic E-state index is -3.67. The third-order valence-corrected chi connectivity index (χ3v) is 4.42. The van der Waals surface area contributed by atoms with E-state index in [4.69, 9.17) is 16.7 Å². The van der Waals surface area contributed by atoms with Gasteiger partial charge in [0.2, 0.25) is 10.0 Å². The molecule has 1 atom stereocenters. The number of nitrogens with one attached hydrogen (secondary N) is 1. The maximum absolute atomic E-state index is 12.0. The van der Waals surface area contributed by atoms with Gasteiger partial charge in [0.15, 0.2) is 0 Å². The second kappa shape index (κ2) is 5.82. The number of aryl methyl sites for hydroxylation is 1. The molecule has 0 saturated carbocycles. The van der Waals surface area contributed by atoms with Crippen LogP contribution in [-0.2, 0) is 10.0 Å². The van der Waals surface area contributed by atoms with Crippen LogP contribution in [0.4, 0.5) is 0 Å². The molecule has 1 aromatic rings. The molecule has 0 saturated heterocycles. The molecule has 1 rings (SSSR count). The number of sulfonamides is 1. The lowest BCUT2D eigenvalue weighted by molar-refractivity contribution is 0.254. The Kier molecular flexibility index (Phi) is 4.94. The molecule has 0 bridgehead atoms. The Hall–Kier alpha value is -0.620. The van der Waals surface area contributed by atoms with Crippen LogP contribution in [0.3, 0.4) is 0 Å². The monoisotopic (exact) mass is 277 g/mol. The molecular formula is C11H16ClNO3S. The van der Waals surface area contributed by atoms with E-state index in [2.05, 4.69) is 4.72 Å². The van der Waals surface area contributed by atoms with Crippen molar-refractivity contribution in [1.82, 2.24) is 4.72 Å². The Labute approximate surface area is 107 Å². The first-order chi connectivity index (χ1) is 7.90. The van der Waals surface area contributed by atoms with Crippen LogP contribution in [0.15, 0.2) is 23.1 Å². The summed E-state index contributed by atoms with van der Waals surface area (Å²) in [5, 5.41) is 9.18. The van der Waals surface area contributed by atoms with Gasteiger partial charge in [0, 0.05) is 6.04 Å². The number of halogens is 1. The van der Waals surface area contributed by atoms with E-state index in [1.807, 2.05) is 6.92 Å². The van der Waals surface area contributed by atoms with Gasteiger partial charge in [-0.1, -0.05) is 24.6 Å². The van der Waals surface area contributed by atoms with Crippen molar-refractivity contribution in [2.24, 2.45) is 0 Å². The van der Waals surface area contributed by atoms with Crippen molar-refractivity contribution in [3.63, 3.8) is 0 Å². The summed E-state index contributed by atoms with van der Waals surface area (Å²) in [7, 11) is -3.67. The molecule has 0 aliphatic heterocycles. The van der Waals surface area contributed by atoms with E-state index >= 15 is 0 Å². The van der Waals surface area contributed by atoms with Gasteiger partial charge in [-0.15, -0.1) is 0 Å². The van der Waals surface area contributed by atoms with E-state index < -0.39 is 16.1 Å². The molecule has 0 aliphatic carbocycles. The van der Waals surface area contributed by atoms with Gasteiger partial charge in [-0.2, -0.15) is 0 Å². The minimum absolute atomic E-state index is 0.0386. The normalized spacial score (nSPS) is 13.6. The number of benzene rings is 1. The predicted octanol–water partition coefficient (Wildman–Crippen LogP) is 1.70. The van der Waals surface area contributed by atoms with Crippen LogP contribution in [0.5, 0.6) is 0 Å². The Morgan fingerprint density at radius 1 is 1.47 bits per heavy atom. The lowest BCUT2D eigenvalue weighted by atomic mass is 10.2. The van der Waals surface area contributed by atoms with Crippen LogP contribution in [-0.4, -0.2) is 26.2 Å². The Bertz CT molecular complexity index is 483. The lowest BCUT2D eigenvalue weighted by Gasteiger charge is -2.15. The zero-order valence-corrected chi connectivity index (χ0v) is 11.3. The smallest absolute Gasteiger partial charge is 0.242 e. The van der Waals surface area contributed by atoms with Crippen LogP contribution < -0.4 is 4.72 Å². The zero-order chi connectivity index (χ0) is 13.1. The zero-order valence-electron chi connectivity index (χ0n) is 9.77. The van der Waals surface area contributed by atoms with E-state index in [-0.39, 0.29) is 16.5 Å². The summed E-state index contributed by atoms with van der Waals surface area (Å²) in [4.78, 5) is 0.0386. The average molecular weight is 278 g/mol. The molecule has 0 amide bonds. The number of rotatable bonds is 5. The quantitative estimate of drug-likeness (QED) is 0.861. The van der Waals surface area contributed by atoms with Crippen LogP contribution in [0.2, 0.25) is 5.02 Å². The number of hydrogen-bond donors (Lipinski definition) is 2. The Balaban J connectivity index is 3.05. The molecule has 2 N–H and O–H groups in total. The molecule has 0 aromatic heterocycles. The molecule has 0 heterocycles. The van der Waals surface area contributed by atoms with E-state index in [1.54, 1.807) is 19.1 Å². The molecule has 4 nitrogen and oxygen atoms in total. The molecule has 1 aromatic carbocycles. The largest absolute Gasteiger partial charge is 0.395 e. The molecule has 0 radical (unpaired) electrons. The first-order valence-corrected chi connectivity index (χ1v) is 7.16. The summed E-state index contributed by atoms with van der Waals surface area (Å²) >= 11 is 5.90. The van der Waals surface area contributed by atoms with Gasteiger partial charge < -0.3 is 5.11 Å². The van der Waals surface area contributed by atoms with Crippen molar-refractivity contribution < 1.29 is 13.5 Å². The maximum atomic E-state index is 12.0. The van der Waals surface area contributed by atoms with Crippen molar-refractivity contribution in [1.29, 1.82) is 0 Å². The topological polar surface area (TPSA) is 66.4 Å². The van der Waals surface area contributed by atoms with Crippen molar-refractivity contribution in [2.45, 2.75) is 31.2 Å². The molecule has 0 aliphatic rings. The average Bonchev–Trinajstić information content (AvgIpc) is 2.25. The van der Waals surface area contributed by atoms with Gasteiger partial charge in [-0.25, -0.2) is 13.1 Å². The van der Waals surface area contributed by atoms with E-state index in [0.29, 0.717) is 6.42 Å². The first-order valence-electron chi connectivity index (χ1n) is 5.30. The highest BCUT2D eigenvalue weighted by atomic mass is 35.5. The summed E-state index contributed by atoms with van der Waals surface area (Å²) in [6.07, 6.45) is 0.513. The summed E-state index contributed by atoms with van der Waals surface area (Å²) in [6.45, 7) is 3.39. The highest BCUT2D eigenvalue weighted by molar-refractivity contribution is 7.89. The summed E-state index contributed by atoms with van der Waals surface area (Å²) in [5.74, 6) is 0. The second-order valence-electron chi connectivity index (χ2n) is 3.84. The van der Waals surface area contributed by atoms with Crippen molar-refractivity contribution in [2.75, 3.05) is 6.61 Å². The number of aliphatic hydroxyl groups excluding tert-OH is 1. The van der Waals surface area contributed by atoms with Gasteiger partial charge in [-0.05, 0) is 31.0 Å². The number of aliphatic hydroxyl groups is 1. The fourth-order valence-corrected chi connectivity index (χ4v) is 3.27. The number of hydrogen-bond acceptors (Lipinski definition) is 3. The fourth-order valence-electron chi connectivity index (χ4n) is 1.36. The third-order valence-electron chi connectivity index (χ3n) is 2.41. The van der Waals surface area contributed by atoms with Crippen LogP contribution in [0.1, 0.15) is 18.9 Å². The van der Waals surface area contributed by atoms with Gasteiger partial charge in [-0.3, -0.25) is 0 Å². The molecule has 0 spiro atoms. The van der Waals surface area contributed by atoms with Crippen molar-refractivity contribution in [3.8, 4) is 0 Å². The highest BCUT2D eigenvalue weighted by Crippen LogP contribution is 2.22. The highest BCUT2D eigenvalue weighted by Gasteiger charge is 2.21. The molecule has 0 fully saturated rings.